The van der Waals surface area contributed by atoms with Gasteiger partial charge in [0.25, 0.3) is 23.8 Å². The number of halogens is 4. The number of carbonyl (C=O) groups is 2. The first-order valence-electron chi connectivity index (χ1n) is 13.9. The number of hydrogen-bond acceptors (Lipinski definition) is 5. The van der Waals surface area contributed by atoms with Crippen LogP contribution < -0.4 is 16.2 Å². The van der Waals surface area contributed by atoms with Crippen LogP contribution in [-0.2, 0) is 13.0 Å². The van der Waals surface area contributed by atoms with Gasteiger partial charge in [-0.05, 0) is 74.4 Å². The van der Waals surface area contributed by atoms with Crippen molar-refractivity contribution in [2.75, 3.05) is 12.4 Å². The van der Waals surface area contributed by atoms with E-state index in [-0.39, 0.29) is 52.9 Å². The minimum absolute atomic E-state index is 0.0607. The summed E-state index contributed by atoms with van der Waals surface area (Å²) in [5.74, 6) is -0.407. The van der Waals surface area contributed by atoms with Crippen molar-refractivity contribution in [3.05, 3.63) is 121 Å². The van der Waals surface area contributed by atoms with Gasteiger partial charge in [0.05, 0.1) is 34.0 Å². The molecular weight excluding hydrogens is 611 g/mol. The van der Waals surface area contributed by atoms with Crippen LogP contribution in [-0.4, -0.2) is 39.4 Å². The topological polar surface area (TPSA) is 96.3 Å². The van der Waals surface area contributed by atoms with Gasteiger partial charge in [0.1, 0.15) is 0 Å². The molecule has 0 saturated heterocycles. The average Bonchev–Trinajstić information content (AvgIpc) is 3.02. The number of fused-ring (bicyclic) bond motifs is 1. The fourth-order valence-corrected chi connectivity index (χ4v) is 5.51. The Morgan fingerprint density at radius 2 is 1.66 bits per heavy atom. The number of carbonyl (C=O) groups excluding carboxylic acids is 2. The summed E-state index contributed by atoms with van der Waals surface area (Å²) in [5, 5.41) is 6.37. The molecule has 0 fully saturated rings. The van der Waals surface area contributed by atoms with Gasteiger partial charge >= 0.3 is 0 Å². The molecule has 2 amide bonds. The normalized spacial score (nSPS) is 15.1. The van der Waals surface area contributed by atoms with Gasteiger partial charge in [0.2, 0.25) is 5.95 Å². The lowest BCUT2D eigenvalue weighted by Crippen LogP contribution is -2.46. The predicted molar refractivity (Wildman–Crippen MR) is 166 cm³/mol. The predicted octanol–water partition coefficient (Wildman–Crippen LogP) is 6.60. The molecule has 2 N–H and O–H groups in total. The molecule has 0 aliphatic carbocycles. The fraction of sp³-hybridized carbons (Fsp3) is 0.250. The fourth-order valence-electron chi connectivity index (χ4n) is 5.21. The molecule has 44 heavy (non-hydrogen) atoms. The molecule has 2 atom stereocenters. The Bertz CT molecular complexity index is 1800. The maximum absolute atomic E-state index is 14.1. The Morgan fingerprint density at radius 3 is 2.32 bits per heavy atom. The Labute approximate surface area is 262 Å². The second-order valence-corrected chi connectivity index (χ2v) is 11.4. The zero-order chi connectivity index (χ0) is 31.7. The molecule has 0 radical (unpaired) electrons. The molecule has 12 heteroatoms. The van der Waals surface area contributed by atoms with Crippen LogP contribution in [0.5, 0.6) is 0 Å². The molecule has 0 spiro atoms. The molecule has 8 nitrogen and oxygen atoms in total. The average molecular weight is 641 g/mol. The lowest BCUT2D eigenvalue weighted by atomic mass is 9.98. The number of nitrogens with zero attached hydrogens (tertiary/aromatic N) is 3. The van der Waals surface area contributed by atoms with Gasteiger partial charge in [-0.1, -0.05) is 41.4 Å². The van der Waals surface area contributed by atoms with Crippen LogP contribution in [0.3, 0.4) is 0 Å². The van der Waals surface area contributed by atoms with Crippen LogP contribution in [0, 0.1) is 0 Å². The van der Waals surface area contributed by atoms with Crippen molar-refractivity contribution in [2.45, 2.75) is 45.3 Å². The molecule has 1 aromatic heterocycles. The molecule has 0 unspecified atom stereocenters. The Kier molecular flexibility index (Phi) is 9.03. The number of alkyl halides is 2. The summed E-state index contributed by atoms with van der Waals surface area (Å²) < 4.78 is 28.3. The number of aromatic nitrogens is 2. The van der Waals surface area contributed by atoms with Crippen LogP contribution in [0.4, 0.5) is 14.7 Å². The molecule has 0 bridgehead atoms. The Hall–Kier alpha value is -4.28. The summed E-state index contributed by atoms with van der Waals surface area (Å²) in [6.45, 7) is 3.69. The van der Waals surface area contributed by atoms with Gasteiger partial charge in [-0.3, -0.25) is 14.4 Å². The third-order valence-corrected chi connectivity index (χ3v) is 8.40. The Balaban J connectivity index is 1.58. The first-order chi connectivity index (χ1) is 21.0. The van der Waals surface area contributed by atoms with E-state index in [0.717, 1.165) is 0 Å². The first-order valence-corrected chi connectivity index (χ1v) is 14.6. The van der Waals surface area contributed by atoms with Crippen molar-refractivity contribution in [1.29, 1.82) is 0 Å². The highest BCUT2D eigenvalue weighted by Crippen LogP contribution is 2.29. The zero-order valence-electron chi connectivity index (χ0n) is 24.1. The number of amides is 2. The third-order valence-electron chi connectivity index (χ3n) is 7.66. The number of anilines is 1. The summed E-state index contributed by atoms with van der Waals surface area (Å²) in [5.41, 5.74) is 2.18. The molecule has 4 aromatic rings. The quantitative estimate of drug-likeness (QED) is 0.238. The molecular formula is C32H29Cl2F2N5O3. The largest absolute Gasteiger partial charge is 0.355 e. The van der Waals surface area contributed by atoms with Gasteiger partial charge in [-0.25, -0.2) is 18.3 Å². The standard InChI is InChI=1S/C32H29Cl2F2N5O3/c1-17-13-24-27(16-40(17)30(43)22-9-12-25(33)26(34)15-22)39-32(38-18(2)20-5-4-6-21(14-20)28(35)36)41(31(24)44)23-10-7-19(8-11-23)29(42)37-3/h4-12,14-15,17-18,28H,13,16H2,1-3H3,(H,37,42)(H,38,39)/t17-,18+/m1/s1. The maximum Gasteiger partial charge on any atom is 0.263 e. The van der Waals surface area contributed by atoms with Gasteiger partial charge < -0.3 is 15.5 Å². The summed E-state index contributed by atoms with van der Waals surface area (Å²) in [4.78, 5) is 46.2. The molecule has 5 rings (SSSR count). The molecule has 0 saturated carbocycles. The van der Waals surface area contributed by atoms with Crippen molar-refractivity contribution in [3.63, 3.8) is 0 Å². The van der Waals surface area contributed by atoms with Crippen LogP contribution in [0.2, 0.25) is 10.0 Å². The molecule has 2 heterocycles. The van der Waals surface area contributed by atoms with Crippen molar-refractivity contribution in [1.82, 2.24) is 19.8 Å². The number of rotatable bonds is 7. The van der Waals surface area contributed by atoms with Crippen LogP contribution in [0.25, 0.3) is 5.69 Å². The highest BCUT2D eigenvalue weighted by Gasteiger charge is 2.32. The number of hydrogen-bond donors (Lipinski definition) is 2. The van der Waals surface area contributed by atoms with E-state index in [4.69, 9.17) is 28.2 Å². The monoisotopic (exact) mass is 639 g/mol. The van der Waals surface area contributed by atoms with Crippen LogP contribution >= 0.6 is 23.2 Å². The molecule has 3 aromatic carbocycles. The van der Waals surface area contributed by atoms with Crippen molar-refractivity contribution in [2.24, 2.45) is 0 Å². The number of nitrogens with one attached hydrogen (secondary N) is 2. The van der Waals surface area contributed by atoms with E-state index < -0.39 is 12.5 Å². The van der Waals surface area contributed by atoms with Gasteiger partial charge in [0, 0.05) is 35.3 Å². The van der Waals surface area contributed by atoms with Crippen LogP contribution in [0.1, 0.15) is 69.4 Å². The van der Waals surface area contributed by atoms with E-state index in [1.165, 1.54) is 29.8 Å². The summed E-state index contributed by atoms with van der Waals surface area (Å²) in [7, 11) is 1.53. The minimum Gasteiger partial charge on any atom is -0.355 e. The summed E-state index contributed by atoms with van der Waals surface area (Å²) in [6.07, 6.45) is -2.39. The molecule has 1 aliphatic heterocycles. The van der Waals surface area contributed by atoms with Gasteiger partial charge in [-0.2, -0.15) is 0 Å². The van der Waals surface area contributed by atoms with Crippen molar-refractivity contribution >= 4 is 41.0 Å². The van der Waals surface area contributed by atoms with E-state index in [2.05, 4.69) is 10.6 Å². The Morgan fingerprint density at radius 1 is 0.977 bits per heavy atom. The summed E-state index contributed by atoms with van der Waals surface area (Å²) in [6, 6.07) is 16.3. The second kappa shape index (κ2) is 12.8. The lowest BCUT2D eigenvalue weighted by molar-refractivity contribution is 0.0653. The van der Waals surface area contributed by atoms with Gasteiger partial charge in [0.15, 0.2) is 0 Å². The minimum atomic E-state index is -2.64. The van der Waals surface area contributed by atoms with Gasteiger partial charge in [-0.15, -0.1) is 0 Å². The SMILES string of the molecule is CNC(=O)c1ccc(-n2c(N[C@@H](C)c3cccc(C(F)F)c3)nc3c(c2=O)C[C@@H](C)N(C(=O)c2ccc(Cl)c(Cl)c2)C3)cc1. The highest BCUT2D eigenvalue weighted by molar-refractivity contribution is 6.42. The highest BCUT2D eigenvalue weighted by atomic mass is 35.5. The molecule has 1 aliphatic rings. The van der Waals surface area contributed by atoms with Crippen LogP contribution in [0.15, 0.2) is 71.5 Å². The zero-order valence-corrected chi connectivity index (χ0v) is 25.6. The van der Waals surface area contributed by atoms with E-state index >= 15 is 0 Å². The van der Waals surface area contributed by atoms with Crippen molar-refractivity contribution < 1.29 is 18.4 Å². The van der Waals surface area contributed by atoms with E-state index in [9.17, 15) is 23.2 Å². The van der Waals surface area contributed by atoms with E-state index in [0.29, 0.717) is 38.7 Å². The third kappa shape index (κ3) is 6.18. The van der Waals surface area contributed by atoms with Crippen molar-refractivity contribution in [3.8, 4) is 5.69 Å². The lowest BCUT2D eigenvalue weighted by Gasteiger charge is -2.35. The molecule has 228 valence electrons. The maximum atomic E-state index is 14.1. The van der Waals surface area contributed by atoms with E-state index in [1.54, 1.807) is 60.4 Å². The smallest absolute Gasteiger partial charge is 0.263 e. The summed E-state index contributed by atoms with van der Waals surface area (Å²) >= 11 is 12.2. The number of benzene rings is 3. The second-order valence-electron chi connectivity index (χ2n) is 10.6. The first kappa shape index (κ1) is 31.2. The van der Waals surface area contributed by atoms with E-state index in [1.807, 2.05) is 6.92 Å².